The first kappa shape index (κ1) is 9.07. The van der Waals surface area contributed by atoms with Crippen LogP contribution in [-0.4, -0.2) is 10.5 Å². The van der Waals surface area contributed by atoms with Crippen LogP contribution in [0.1, 0.15) is 19.4 Å². The molecule has 0 unspecified atom stereocenters. The normalized spacial score (nSPS) is 12.5. The Morgan fingerprint density at radius 1 is 1.17 bits per heavy atom. The molecule has 0 saturated carbocycles. The van der Waals surface area contributed by atoms with Gasteiger partial charge in [-0.25, -0.2) is 0 Å². The van der Waals surface area contributed by atoms with E-state index in [1.165, 1.54) is 11.1 Å². The zero-order valence-corrected chi connectivity index (χ0v) is 9.79. The molecule has 0 aliphatic heterocycles. The molecule has 0 aliphatic rings. The van der Waals surface area contributed by atoms with Crippen LogP contribution in [0.5, 0.6) is 0 Å². The third-order valence-corrected chi connectivity index (χ3v) is 2.65. The number of rotatable bonds is 2. The molecule has 64 valence electrons. The van der Waals surface area contributed by atoms with Crippen molar-refractivity contribution >= 4 is 16.1 Å². The SMILES string of the molecule is CC(O[SiH3])=C(C)c1ccccc1. The van der Waals surface area contributed by atoms with Crippen molar-refractivity contribution < 1.29 is 4.43 Å². The minimum absolute atomic E-state index is 0.764. The van der Waals surface area contributed by atoms with E-state index in [9.17, 15) is 0 Å². The van der Waals surface area contributed by atoms with Crippen molar-refractivity contribution in [1.82, 2.24) is 0 Å². The molecular weight excluding hydrogens is 164 g/mol. The fourth-order valence-corrected chi connectivity index (χ4v) is 1.35. The van der Waals surface area contributed by atoms with Crippen molar-refractivity contribution in [2.24, 2.45) is 0 Å². The fraction of sp³-hybridized carbons (Fsp3) is 0.200. The number of benzene rings is 1. The van der Waals surface area contributed by atoms with Crippen molar-refractivity contribution in [3.8, 4) is 0 Å². The molecule has 1 aromatic rings. The Hall–Kier alpha value is -1.02. The highest BCUT2D eigenvalue weighted by molar-refractivity contribution is 5.99. The summed E-state index contributed by atoms with van der Waals surface area (Å²) in [6, 6.07) is 10.3. The molecule has 0 radical (unpaired) electrons. The first-order valence-corrected chi connectivity index (χ1v) is 4.84. The minimum Gasteiger partial charge on any atom is -0.556 e. The molecule has 0 amide bonds. The van der Waals surface area contributed by atoms with E-state index in [0.717, 1.165) is 16.2 Å². The monoisotopic (exact) mass is 178 g/mol. The van der Waals surface area contributed by atoms with Gasteiger partial charge < -0.3 is 4.43 Å². The van der Waals surface area contributed by atoms with E-state index in [2.05, 4.69) is 19.1 Å². The first-order chi connectivity index (χ1) is 5.75. The zero-order chi connectivity index (χ0) is 8.97. The Kier molecular flexibility index (Phi) is 3.11. The van der Waals surface area contributed by atoms with Crippen LogP contribution in [0.25, 0.3) is 5.57 Å². The van der Waals surface area contributed by atoms with Gasteiger partial charge in [-0.1, -0.05) is 30.3 Å². The summed E-state index contributed by atoms with van der Waals surface area (Å²) >= 11 is 0. The lowest BCUT2D eigenvalue weighted by atomic mass is 10.1. The summed E-state index contributed by atoms with van der Waals surface area (Å²) in [4.78, 5) is 0. The van der Waals surface area contributed by atoms with Gasteiger partial charge in [-0.05, 0) is 25.0 Å². The summed E-state index contributed by atoms with van der Waals surface area (Å²) in [7, 11) is 0.764. The van der Waals surface area contributed by atoms with Crippen LogP contribution in [0.4, 0.5) is 0 Å². The second-order valence-electron chi connectivity index (χ2n) is 2.75. The summed E-state index contributed by atoms with van der Waals surface area (Å²) in [5, 5.41) is 0. The van der Waals surface area contributed by atoms with Crippen molar-refractivity contribution in [2.45, 2.75) is 13.8 Å². The minimum atomic E-state index is 0.764. The van der Waals surface area contributed by atoms with Crippen LogP contribution >= 0.6 is 0 Å². The Bertz CT molecular complexity index is 277. The molecule has 0 N–H and O–H groups in total. The van der Waals surface area contributed by atoms with Gasteiger partial charge in [0.1, 0.15) is 0 Å². The maximum atomic E-state index is 5.28. The second kappa shape index (κ2) is 4.12. The number of allylic oxidation sites excluding steroid dienone is 2. The summed E-state index contributed by atoms with van der Waals surface area (Å²) in [5.74, 6) is 1.04. The number of hydrogen-bond donors (Lipinski definition) is 0. The van der Waals surface area contributed by atoms with Gasteiger partial charge >= 0.3 is 0 Å². The van der Waals surface area contributed by atoms with Gasteiger partial charge in [-0.2, -0.15) is 0 Å². The lowest BCUT2D eigenvalue weighted by molar-refractivity contribution is 0.475. The van der Waals surface area contributed by atoms with Crippen LogP contribution in [0.15, 0.2) is 36.1 Å². The third kappa shape index (κ3) is 1.98. The van der Waals surface area contributed by atoms with Crippen LogP contribution < -0.4 is 0 Å². The highest BCUT2D eigenvalue weighted by Crippen LogP contribution is 2.17. The maximum Gasteiger partial charge on any atom is 0.203 e. The molecule has 0 heterocycles. The molecule has 0 spiro atoms. The topological polar surface area (TPSA) is 9.23 Å². The molecule has 0 bridgehead atoms. The van der Waals surface area contributed by atoms with Crippen LogP contribution in [0.2, 0.25) is 0 Å². The molecule has 0 aromatic heterocycles. The molecule has 12 heavy (non-hydrogen) atoms. The Balaban J connectivity index is 3.00. The molecule has 0 aliphatic carbocycles. The fourth-order valence-electron chi connectivity index (χ4n) is 1.04. The molecule has 1 aromatic carbocycles. The molecule has 0 saturated heterocycles. The lowest BCUT2D eigenvalue weighted by Crippen LogP contribution is -1.87. The standard InChI is InChI=1S/C10H14OSi/c1-8(9(2)11-12)10-6-4-3-5-7-10/h3-7H,1-2,12H3. The van der Waals surface area contributed by atoms with E-state index in [1.807, 2.05) is 25.1 Å². The molecule has 1 nitrogen and oxygen atoms in total. The quantitative estimate of drug-likeness (QED) is 0.495. The highest BCUT2D eigenvalue weighted by atomic mass is 28.2. The summed E-state index contributed by atoms with van der Waals surface area (Å²) < 4.78 is 5.28. The van der Waals surface area contributed by atoms with E-state index < -0.39 is 0 Å². The van der Waals surface area contributed by atoms with Crippen LogP contribution in [-0.2, 0) is 4.43 Å². The smallest absolute Gasteiger partial charge is 0.203 e. The third-order valence-electron chi connectivity index (χ3n) is 2.04. The molecule has 2 heteroatoms. The summed E-state index contributed by atoms with van der Waals surface area (Å²) in [5.41, 5.74) is 2.47. The number of hydrogen-bond acceptors (Lipinski definition) is 1. The largest absolute Gasteiger partial charge is 0.556 e. The van der Waals surface area contributed by atoms with E-state index in [0.29, 0.717) is 0 Å². The summed E-state index contributed by atoms with van der Waals surface area (Å²) in [6.45, 7) is 4.10. The van der Waals surface area contributed by atoms with E-state index in [4.69, 9.17) is 4.43 Å². The predicted octanol–water partition coefficient (Wildman–Crippen LogP) is 1.73. The summed E-state index contributed by atoms with van der Waals surface area (Å²) in [6.07, 6.45) is 0. The van der Waals surface area contributed by atoms with Crippen LogP contribution in [0, 0.1) is 0 Å². The van der Waals surface area contributed by atoms with Gasteiger partial charge in [0.15, 0.2) is 0 Å². The lowest BCUT2D eigenvalue weighted by Gasteiger charge is -2.06. The van der Waals surface area contributed by atoms with Gasteiger partial charge in [0.05, 0.1) is 5.76 Å². The van der Waals surface area contributed by atoms with Crippen molar-refractivity contribution in [3.05, 3.63) is 41.7 Å². The van der Waals surface area contributed by atoms with E-state index in [-0.39, 0.29) is 0 Å². The average molecular weight is 178 g/mol. The van der Waals surface area contributed by atoms with Gasteiger partial charge in [-0.15, -0.1) is 0 Å². The van der Waals surface area contributed by atoms with Crippen molar-refractivity contribution in [1.29, 1.82) is 0 Å². The highest BCUT2D eigenvalue weighted by Gasteiger charge is 1.97. The Morgan fingerprint density at radius 3 is 2.25 bits per heavy atom. The van der Waals surface area contributed by atoms with Crippen LogP contribution in [0.3, 0.4) is 0 Å². The zero-order valence-electron chi connectivity index (χ0n) is 7.79. The average Bonchev–Trinajstić information content (AvgIpc) is 2.17. The van der Waals surface area contributed by atoms with Gasteiger partial charge in [0, 0.05) is 0 Å². The second-order valence-corrected chi connectivity index (χ2v) is 3.16. The van der Waals surface area contributed by atoms with E-state index in [1.54, 1.807) is 0 Å². The molecule has 1 rings (SSSR count). The Morgan fingerprint density at radius 2 is 1.75 bits per heavy atom. The van der Waals surface area contributed by atoms with Gasteiger partial charge in [-0.3, -0.25) is 0 Å². The predicted molar refractivity (Wildman–Crippen MR) is 55.7 cm³/mol. The van der Waals surface area contributed by atoms with Gasteiger partial charge in [0.2, 0.25) is 10.5 Å². The van der Waals surface area contributed by atoms with Crippen molar-refractivity contribution in [3.63, 3.8) is 0 Å². The first-order valence-electron chi connectivity index (χ1n) is 4.02. The molecular formula is C10H14OSi. The maximum absolute atomic E-state index is 5.28. The Labute approximate surface area is 76.6 Å². The molecule has 0 fully saturated rings. The van der Waals surface area contributed by atoms with Gasteiger partial charge in [0.25, 0.3) is 0 Å². The van der Waals surface area contributed by atoms with E-state index >= 15 is 0 Å². The van der Waals surface area contributed by atoms with Crippen molar-refractivity contribution in [2.75, 3.05) is 0 Å². The molecule has 0 atom stereocenters.